The Labute approximate surface area is 147 Å². The van der Waals surface area contributed by atoms with Crippen LogP contribution in [0.15, 0.2) is 29.1 Å². The number of para-hydroxylation sites is 1. The van der Waals surface area contributed by atoms with E-state index in [1.807, 2.05) is 18.2 Å². The van der Waals surface area contributed by atoms with Gasteiger partial charge in [-0.2, -0.15) is 4.31 Å². The van der Waals surface area contributed by atoms with E-state index in [1.165, 1.54) is 0 Å². The van der Waals surface area contributed by atoms with Crippen LogP contribution in [0.2, 0.25) is 0 Å². The molecule has 3 rings (SSSR count). The van der Waals surface area contributed by atoms with Gasteiger partial charge in [0.25, 0.3) is 5.56 Å². The average molecular weight is 364 g/mol. The van der Waals surface area contributed by atoms with Gasteiger partial charge in [-0.25, -0.2) is 13.4 Å². The Morgan fingerprint density at radius 3 is 2.60 bits per heavy atom. The number of aryl methyl sites for hydroxylation is 1. The Bertz CT molecular complexity index is 886. The third-order valence-corrected chi connectivity index (χ3v) is 6.52. The van der Waals surface area contributed by atoms with Crippen LogP contribution >= 0.6 is 0 Å². The molecule has 0 spiro atoms. The molecule has 0 atom stereocenters. The molecule has 8 heteroatoms. The van der Waals surface area contributed by atoms with Gasteiger partial charge < -0.3 is 9.88 Å². The van der Waals surface area contributed by atoms with Gasteiger partial charge in [-0.15, -0.1) is 0 Å². The summed E-state index contributed by atoms with van der Waals surface area (Å²) in [6, 6.07) is 7.33. The van der Waals surface area contributed by atoms with Gasteiger partial charge in [-0.05, 0) is 32.0 Å². The van der Waals surface area contributed by atoms with Crippen molar-refractivity contribution in [2.75, 3.05) is 38.5 Å². The molecule has 1 aliphatic heterocycles. The Balaban J connectivity index is 1.52. The number of aromatic amines is 1. The van der Waals surface area contributed by atoms with E-state index in [9.17, 15) is 13.2 Å². The fourth-order valence-corrected chi connectivity index (χ4v) is 4.22. The van der Waals surface area contributed by atoms with E-state index < -0.39 is 10.0 Å². The molecule has 0 radical (unpaired) electrons. The van der Waals surface area contributed by atoms with Crippen LogP contribution in [0.1, 0.15) is 19.2 Å². The summed E-state index contributed by atoms with van der Waals surface area (Å²) in [6.45, 7) is 5.17. The topological polar surface area (TPSA) is 86.4 Å². The van der Waals surface area contributed by atoms with Crippen LogP contribution in [0.25, 0.3) is 10.9 Å². The predicted molar refractivity (Wildman–Crippen MR) is 98.2 cm³/mol. The fraction of sp³-hybridized carbons (Fsp3) is 0.529. The van der Waals surface area contributed by atoms with Crippen molar-refractivity contribution in [2.45, 2.75) is 19.8 Å². The van der Waals surface area contributed by atoms with E-state index in [1.54, 1.807) is 17.3 Å². The molecule has 1 fully saturated rings. The number of aromatic nitrogens is 2. The van der Waals surface area contributed by atoms with Gasteiger partial charge in [-0.1, -0.05) is 12.1 Å². The van der Waals surface area contributed by atoms with E-state index >= 15 is 0 Å². The molecule has 2 heterocycles. The van der Waals surface area contributed by atoms with Gasteiger partial charge in [0.05, 0.1) is 16.7 Å². The second-order valence-electron chi connectivity index (χ2n) is 6.27. The number of rotatable bonds is 6. The van der Waals surface area contributed by atoms with Gasteiger partial charge in [0.15, 0.2) is 0 Å². The maximum Gasteiger partial charge on any atom is 0.258 e. The number of H-pyrrole nitrogens is 1. The maximum atomic E-state index is 12.1. The van der Waals surface area contributed by atoms with E-state index in [2.05, 4.69) is 14.9 Å². The Hall–Kier alpha value is -1.77. The van der Waals surface area contributed by atoms with Gasteiger partial charge in [-0.3, -0.25) is 4.79 Å². The molecule has 0 bridgehead atoms. The summed E-state index contributed by atoms with van der Waals surface area (Å²) in [4.78, 5) is 21.7. The number of piperazine rings is 1. The van der Waals surface area contributed by atoms with Crippen LogP contribution < -0.4 is 5.56 Å². The number of fused-ring (bicyclic) bond motifs is 1. The first kappa shape index (κ1) is 18.0. The lowest BCUT2D eigenvalue weighted by molar-refractivity contribution is 0.186. The average Bonchev–Trinajstić information content (AvgIpc) is 2.62. The standard InChI is InChI=1S/C17H24N4O3S/c1-2-25(23,24)21-12-10-20(11-13-21)9-5-8-16-18-15-7-4-3-6-14(15)17(22)19-16/h3-4,6-7H,2,5,8-13H2,1H3,(H,18,19,22). The molecule has 0 unspecified atom stereocenters. The number of nitrogens with one attached hydrogen (secondary N) is 1. The maximum absolute atomic E-state index is 12.1. The van der Waals surface area contributed by atoms with Crippen LogP contribution in [0.4, 0.5) is 0 Å². The van der Waals surface area contributed by atoms with E-state index in [4.69, 9.17) is 0 Å². The van der Waals surface area contributed by atoms with Crippen molar-refractivity contribution in [3.05, 3.63) is 40.4 Å². The Morgan fingerprint density at radius 2 is 1.88 bits per heavy atom. The molecule has 136 valence electrons. The van der Waals surface area contributed by atoms with Crippen molar-refractivity contribution in [2.24, 2.45) is 0 Å². The molecule has 1 aromatic heterocycles. The van der Waals surface area contributed by atoms with Crippen molar-refractivity contribution >= 4 is 20.9 Å². The molecular formula is C17H24N4O3S. The highest BCUT2D eigenvalue weighted by Crippen LogP contribution is 2.10. The van der Waals surface area contributed by atoms with Gasteiger partial charge in [0.2, 0.25) is 10.0 Å². The first-order valence-electron chi connectivity index (χ1n) is 8.68. The zero-order valence-corrected chi connectivity index (χ0v) is 15.3. The predicted octanol–water partition coefficient (Wildman–Crippen LogP) is 0.823. The van der Waals surface area contributed by atoms with Crippen LogP contribution in [0.3, 0.4) is 0 Å². The van der Waals surface area contributed by atoms with E-state index in [-0.39, 0.29) is 11.3 Å². The second kappa shape index (κ2) is 7.63. The summed E-state index contributed by atoms with van der Waals surface area (Å²) in [5, 5.41) is 0.611. The lowest BCUT2D eigenvalue weighted by Crippen LogP contribution is -2.49. The van der Waals surface area contributed by atoms with Crippen molar-refractivity contribution in [3.8, 4) is 0 Å². The van der Waals surface area contributed by atoms with Crippen LogP contribution in [-0.2, 0) is 16.4 Å². The zero-order valence-electron chi connectivity index (χ0n) is 14.4. The molecule has 2 aromatic rings. The molecule has 1 saturated heterocycles. The van der Waals surface area contributed by atoms with Crippen molar-refractivity contribution in [3.63, 3.8) is 0 Å². The SMILES string of the molecule is CCS(=O)(=O)N1CCN(CCCc2nc3ccccc3c(=O)[nH]2)CC1. The third-order valence-electron chi connectivity index (χ3n) is 4.64. The molecule has 0 saturated carbocycles. The summed E-state index contributed by atoms with van der Waals surface area (Å²) in [6.07, 6.45) is 1.58. The van der Waals surface area contributed by atoms with E-state index in [0.717, 1.165) is 31.6 Å². The zero-order chi connectivity index (χ0) is 17.9. The number of sulfonamides is 1. The number of nitrogens with zero attached hydrogens (tertiary/aromatic N) is 3. The summed E-state index contributed by atoms with van der Waals surface area (Å²) in [5.41, 5.74) is 0.624. The summed E-state index contributed by atoms with van der Waals surface area (Å²) in [5.74, 6) is 0.865. The monoisotopic (exact) mass is 364 g/mol. The molecule has 1 aromatic carbocycles. The largest absolute Gasteiger partial charge is 0.310 e. The fourth-order valence-electron chi connectivity index (χ4n) is 3.14. The number of hydrogen-bond acceptors (Lipinski definition) is 5. The molecular weight excluding hydrogens is 340 g/mol. The smallest absolute Gasteiger partial charge is 0.258 e. The Morgan fingerprint density at radius 1 is 1.16 bits per heavy atom. The summed E-state index contributed by atoms with van der Waals surface area (Å²) < 4.78 is 25.3. The molecule has 0 amide bonds. The molecule has 1 aliphatic rings. The van der Waals surface area contributed by atoms with Gasteiger partial charge in [0, 0.05) is 32.6 Å². The molecule has 25 heavy (non-hydrogen) atoms. The first-order chi connectivity index (χ1) is 12.0. The lowest BCUT2D eigenvalue weighted by atomic mass is 10.2. The highest BCUT2D eigenvalue weighted by atomic mass is 32.2. The summed E-state index contributed by atoms with van der Waals surface area (Å²) in [7, 11) is -3.08. The van der Waals surface area contributed by atoms with Crippen molar-refractivity contribution in [1.82, 2.24) is 19.2 Å². The number of hydrogen-bond donors (Lipinski definition) is 1. The highest BCUT2D eigenvalue weighted by Gasteiger charge is 2.24. The minimum absolute atomic E-state index is 0.0982. The van der Waals surface area contributed by atoms with Crippen LogP contribution in [0, 0.1) is 0 Å². The molecule has 7 nitrogen and oxygen atoms in total. The third kappa shape index (κ3) is 4.26. The number of benzene rings is 1. The Kier molecular flexibility index (Phi) is 5.51. The van der Waals surface area contributed by atoms with Crippen LogP contribution in [0.5, 0.6) is 0 Å². The quantitative estimate of drug-likeness (QED) is 0.820. The van der Waals surface area contributed by atoms with Gasteiger partial charge in [0.1, 0.15) is 5.82 Å². The van der Waals surface area contributed by atoms with E-state index in [0.29, 0.717) is 30.7 Å². The minimum atomic E-state index is -3.08. The van der Waals surface area contributed by atoms with Crippen molar-refractivity contribution in [1.29, 1.82) is 0 Å². The minimum Gasteiger partial charge on any atom is -0.310 e. The van der Waals surface area contributed by atoms with Crippen LogP contribution in [-0.4, -0.2) is 66.1 Å². The lowest BCUT2D eigenvalue weighted by Gasteiger charge is -2.33. The van der Waals surface area contributed by atoms with Crippen molar-refractivity contribution < 1.29 is 8.42 Å². The molecule has 0 aliphatic carbocycles. The van der Waals surface area contributed by atoms with Gasteiger partial charge >= 0.3 is 0 Å². The normalized spacial score (nSPS) is 17.2. The molecule has 1 N–H and O–H groups in total. The second-order valence-corrected chi connectivity index (χ2v) is 8.53. The first-order valence-corrected chi connectivity index (χ1v) is 10.3. The highest BCUT2D eigenvalue weighted by molar-refractivity contribution is 7.89. The summed E-state index contributed by atoms with van der Waals surface area (Å²) >= 11 is 0.